The van der Waals surface area contributed by atoms with Crippen LogP contribution in [-0.2, 0) is 0 Å². The second kappa shape index (κ2) is 3.84. The van der Waals surface area contributed by atoms with Crippen molar-refractivity contribution in [1.29, 1.82) is 0 Å². The zero-order chi connectivity index (χ0) is 12.7. The van der Waals surface area contributed by atoms with Crippen molar-refractivity contribution in [2.75, 3.05) is 7.11 Å². The molecule has 0 aliphatic heterocycles. The van der Waals surface area contributed by atoms with Gasteiger partial charge in [-0.3, -0.25) is 0 Å². The van der Waals surface area contributed by atoms with Gasteiger partial charge in [-0.1, -0.05) is 0 Å². The van der Waals surface area contributed by atoms with E-state index in [1.165, 1.54) is 7.11 Å². The number of aromatic hydroxyl groups is 2. The smallest absolute Gasteiger partial charge is 0.167 e. The summed E-state index contributed by atoms with van der Waals surface area (Å²) in [7, 11) is 1.48. The minimum absolute atomic E-state index is 0.0842. The molecule has 17 heavy (non-hydrogen) atoms. The van der Waals surface area contributed by atoms with E-state index in [1.54, 1.807) is 6.92 Å². The number of hydrogen-bond acceptors (Lipinski definition) is 3. The first-order valence-corrected chi connectivity index (χ1v) is 5.46. The summed E-state index contributed by atoms with van der Waals surface area (Å²) in [5.74, 6) is 0.580. The molecular weight excluding hydrogens is 216 g/mol. The van der Waals surface area contributed by atoms with Crippen LogP contribution in [0.25, 0.3) is 10.8 Å². The third-order valence-electron chi connectivity index (χ3n) is 3.26. The highest BCUT2D eigenvalue weighted by molar-refractivity contribution is 5.97. The van der Waals surface area contributed by atoms with Crippen LogP contribution in [0, 0.1) is 20.8 Å². The lowest BCUT2D eigenvalue weighted by Gasteiger charge is -2.14. The van der Waals surface area contributed by atoms with Crippen molar-refractivity contribution in [2.45, 2.75) is 20.8 Å². The van der Waals surface area contributed by atoms with Crippen molar-refractivity contribution >= 4 is 10.8 Å². The SMILES string of the molecule is COc1c(C)c(O)c2cc(C)c(C)cc2c1O. The topological polar surface area (TPSA) is 49.7 Å². The molecule has 2 N–H and O–H groups in total. The van der Waals surface area contributed by atoms with Crippen LogP contribution in [-0.4, -0.2) is 17.3 Å². The van der Waals surface area contributed by atoms with Crippen molar-refractivity contribution in [3.63, 3.8) is 0 Å². The molecule has 0 radical (unpaired) electrons. The van der Waals surface area contributed by atoms with Gasteiger partial charge in [0.1, 0.15) is 5.75 Å². The lowest BCUT2D eigenvalue weighted by atomic mass is 9.98. The maximum absolute atomic E-state index is 10.1. The fourth-order valence-corrected chi connectivity index (χ4v) is 2.07. The highest BCUT2D eigenvalue weighted by Gasteiger charge is 2.17. The van der Waals surface area contributed by atoms with Crippen LogP contribution in [0.2, 0.25) is 0 Å². The number of aryl methyl sites for hydroxylation is 2. The fraction of sp³-hybridized carbons (Fsp3) is 0.286. The predicted molar refractivity (Wildman–Crippen MR) is 68.0 cm³/mol. The number of phenolic OH excluding ortho intramolecular Hbond substituents is 2. The van der Waals surface area contributed by atoms with E-state index < -0.39 is 0 Å². The first kappa shape index (κ1) is 11.6. The summed E-state index contributed by atoms with van der Waals surface area (Å²) in [5.41, 5.74) is 2.70. The predicted octanol–water partition coefficient (Wildman–Crippen LogP) is 3.18. The molecule has 0 spiro atoms. The Kier molecular flexibility index (Phi) is 2.62. The summed E-state index contributed by atoms with van der Waals surface area (Å²) in [5, 5.41) is 21.5. The number of fused-ring (bicyclic) bond motifs is 1. The van der Waals surface area contributed by atoms with Gasteiger partial charge in [-0.25, -0.2) is 0 Å². The first-order valence-electron chi connectivity index (χ1n) is 5.46. The van der Waals surface area contributed by atoms with E-state index in [0.717, 1.165) is 11.1 Å². The van der Waals surface area contributed by atoms with Crippen LogP contribution in [0.4, 0.5) is 0 Å². The first-order chi connectivity index (χ1) is 7.97. The van der Waals surface area contributed by atoms with Crippen LogP contribution in [0.3, 0.4) is 0 Å². The van der Waals surface area contributed by atoms with Crippen LogP contribution in [0.15, 0.2) is 12.1 Å². The minimum Gasteiger partial charge on any atom is -0.507 e. The Bertz CT molecular complexity index is 600. The standard InChI is InChI=1S/C14H16O3/c1-7-5-10-11(6-8(7)2)13(16)14(17-4)9(3)12(10)15/h5-6,15-16H,1-4H3. The molecule has 3 heteroatoms. The zero-order valence-electron chi connectivity index (χ0n) is 10.5. The van der Waals surface area contributed by atoms with Gasteiger partial charge in [0.25, 0.3) is 0 Å². The number of methoxy groups -OCH3 is 1. The van der Waals surface area contributed by atoms with Gasteiger partial charge in [0, 0.05) is 16.3 Å². The van der Waals surface area contributed by atoms with Gasteiger partial charge in [-0.2, -0.15) is 0 Å². The van der Waals surface area contributed by atoms with Gasteiger partial charge in [0.05, 0.1) is 7.11 Å². The lowest BCUT2D eigenvalue weighted by Crippen LogP contribution is -1.92. The Morgan fingerprint density at radius 3 is 1.82 bits per heavy atom. The Labute approximate surface area is 100 Å². The fourth-order valence-electron chi connectivity index (χ4n) is 2.07. The van der Waals surface area contributed by atoms with Crippen molar-refractivity contribution in [3.05, 3.63) is 28.8 Å². The molecule has 0 unspecified atom stereocenters. The Morgan fingerprint density at radius 2 is 1.35 bits per heavy atom. The van der Waals surface area contributed by atoms with E-state index >= 15 is 0 Å². The summed E-state index contributed by atoms with van der Waals surface area (Å²) in [4.78, 5) is 0. The zero-order valence-corrected chi connectivity index (χ0v) is 10.5. The highest BCUT2D eigenvalue weighted by Crippen LogP contribution is 2.44. The number of hydrogen-bond donors (Lipinski definition) is 2. The third kappa shape index (κ3) is 1.58. The molecule has 0 amide bonds. The molecule has 0 aliphatic carbocycles. The summed E-state index contributed by atoms with van der Waals surface area (Å²) in [6.45, 7) is 5.67. The highest BCUT2D eigenvalue weighted by atomic mass is 16.5. The largest absolute Gasteiger partial charge is 0.507 e. The van der Waals surface area contributed by atoms with Crippen LogP contribution >= 0.6 is 0 Å². The van der Waals surface area contributed by atoms with Crippen LogP contribution < -0.4 is 4.74 Å². The van der Waals surface area contributed by atoms with Gasteiger partial charge in [0.2, 0.25) is 0 Å². The van der Waals surface area contributed by atoms with E-state index in [0.29, 0.717) is 22.1 Å². The van der Waals surface area contributed by atoms with Gasteiger partial charge in [-0.05, 0) is 44.0 Å². The molecule has 0 aliphatic rings. The number of ether oxygens (including phenoxy) is 1. The molecule has 3 nitrogen and oxygen atoms in total. The molecule has 0 heterocycles. The third-order valence-corrected chi connectivity index (χ3v) is 3.26. The quantitative estimate of drug-likeness (QED) is 0.742. The average molecular weight is 232 g/mol. The van der Waals surface area contributed by atoms with Crippen molar-refractivity contribution in [2.24, 2.45) is 0 Å². The van der Waals surface area contributed by atoms with Crippen molar-refractivity contribution in [1.82, 2.24) is 0 Å². The summed E-state index contributed by atoms with van der Waals surface area (Å²) >= 11 is 0. The van der Waals surface area contributed by atoms with Gasteiger partial charge < -0.3 is 14.9 Å². The van der Waals surface area contributed by atoms with E-state index in [1.807, 2.05) is 26.0 Å². The van der Waals surface area contributed by atoms with Crippen molar-refractivity contribution in [3.8, 4) is 17.2 Å². The van der Waals surface area contributed by atoms with Crippen LogP contribution in [0.1, 0.15) is 16.7 Å². The van der Waals surface area contributed by atoms with Gasteiger partial charge in [-0.15, -0.1) is 0 Å². The molecule has 2 rings (SSSR count). The normalized spacial score (nSPS) is 10.8. The van der Waals surface area contributed by atoms with Gasteiger partial charge >= 0.3 is 0 Å². The molecule has 90 valence electrons. The molecule has 2 aromatic carbocycles. The Balaban J connectivity index is 2.98. The maximum atomic E-state index is 10.1. The minimum atomic E-state index is 0.0842. The molecule has 0 saturated heterocycles. The molecule has 0 bridgehead atoms. The molecular formula is C14H16O3. The summed E-state index contributed by atoms with van der Waals surface area (Å²) in [6.07, 6.45) is 0. The molecule has 0 fully saturated rings. The van der Waals surface area contributed by atoms with Gasteiger partial charge in [0.15, 0.2) is 11.5 Å². The number of rotatable bonds is 1. The number of benzene rings is 2. The second-order valence-electron chi connectivity index (χ2n) is 4.34. The Morgan fingerprint density at radius 1 is 0.882 bits per heavy atom. The Hall–Kier alpha value is -1.90. The number of phenols is 2. The van der Waals surface area contributed by atoms with E-state index in [9.17, 15) is 10.2 Å². The van der Waals surface area contributed by atoms with E-state index in [4.69, 9.17) is 4.74 Å². The molecule has 2 aromatic rings. The maximum Gasteiger partial charge on any atom is 0.167 e. The van der Waals surface area contributed by atoms with Crippen molar-refractivity contribution < 1.29 is 14.9 Å². The lowest BCUT2D eigenvalue weighted by molar-refractivity contribution is 0.369. The molecule has 0 saturated carbocycles. The monoisotopic (exact) mass is 232 g/mol. The van der Waals surface area contributed by atoms with E-state index in [-0.39, 0.29) is 11.5 Å². The van der Waals surface area contributed by atoms with Crippen LogP contribution in [0.5, 0.6) is 17.2 Å². The molecule has 0 aromatic heterocycles. The van der Waals surface area contributed by atoms with E-state index in [2.05, 4.69) is 0 Å². The summed E-state index contributed by atoms with van der Waals surface area (Å²) in [6, 6.07) is 3.74. The molecule has 0 atom stereocenters. The average Bonchev–Trinajstić information content (AvgIpc) is 2.30. The second-order valence-corrected chi connectivity index (χ2v) is 4.34. The summed E-state index contributed by atoms with van der Waals surface area (Å²) < 4.78 is 5.12.